The fourth-order valence-corrected chi connectivity index (χ4v) is 5.35. The van der Waals surface area contributed by atoms with E-state index in [4.69, 9.17) is 0 Å². The molecule has 7 heteroatoms. The number of nitrogens with one attached hydrogen (secondary N) is 1. The summed E-state index contributed by atoms with van der Waals surface area (Å²) in [5.41, 5.74) is 0. The maximum atomic E-state index is 12.1. The highest BCUT2D eigenvalue weighted by molar-refractivity contribution is 9.11. The lowest BCUT2D eigenvalue weighted by Crippen LogP contribution is -2.36. The third-order valence-electron chi connectivity index (χ3n) is 2.08. The topological polar surface area (TPSA) is 46.2 Å². The molecule has 1 aromatic rings. The first-order chi connectivity index (χ1) is 7.85. The minimum absolute atomic E-state index is 0.0686. The molecule has 0 aliphatic rings. The van der Waals surface area contributed by atoms with Gasteiger partial charge in [-0.25, -0.2) is 13.1 Å². The molecule has 1 atom stereocenters. The second-order valence-electron chi connectivity index (χ2n) is 4.16. The highest BCUT2D eigenvalue weighted by Crippen LogP contribution is 2.26. The van der Waals surface area contributed by atoms with Gasteiger partial charge in [0.2, 0.25) is 10.0 Å². The molecule has 0 amide bonds. The Hall–Kier alpha value is 0.570. The molecule has 1 rings (SSSR count). The van der Waals surface area contributed by atoms with Gasteiger partial charge in [-0.3, -0.25) is 0 Å². The van der Waals surface area contributed by atoms with E-state index < -0.39 is 10.0 Å². The van der Waals surface area contributed by atoms with Gasteiger partial charge in [0.05, 0.1) is 3.79 Å². The third kappa shape index (κ3) is 4.98. The van der Waals surface area contributed by atoms with Gasteiger partial charge in [-0.05, 0) is 40.4 Å². The van der Waals surface area contributed by atoms with Gasteiger partial charge in [0.1, 0.15) is 4.21 Å². The van der Waals surface area contributed by atoms with Crippen molar-refractivity contribution in [2.45, 2.75) is 30.5 Å². The molecule has 0 aliphatic carbocycles. The van der Waals surface area contributed by atoms with Crippen molar-refractivity contribution in [3.8, 4) is 0 Å². The maximum Gasteiger partial charge on any atom is 0.250 e. The molecule has 1 N–H and O–H groups in total. The van der Waals surface area contributed by atoms with Crippen LogP contribution in [0.5, 0.6) is 0 Å². The average molecular weight is 405 g/mol. The first-order valence-corrected chi connectivity index (χ1v) is 9.40. The Bertz CT molecular complexity index is 457. The molecule has 0 saturated carbocycles. The first kappa shape index (κ1) is 15.6. The number of sulfonamides is 1. The van der Waals surface area contributed by atoms with Crippen LogP contribution < -0.4 is 4.72 Å². The van der Waals surface area contributed by atoms with E-state index in [0.29, 0.717) is 15.5 Å². The summed E-state index contributed by atoms with van der Waals surface area (Å²) in [6, 6.07) is 3.28. The fourth-order valence-electron chi connectivity index (χ4n) is 1.43. The zero-order chi connectivity index (χ0) is 13.1. The van der Waals surface area contributed by atoms with Crippen molar-refractivity contribution in [2.75, 3.05) is 5.33 Å². The smallest absolute Gasteiger partial charge is 0.207 e. The predicted molar refractivity (Wildman–Crippen MR) is 79.4 cm³/mol. The number of alkyl halides is 1. The summed E-state index contributed by atoms with van der Waals surface area (Å²) in [7, 11) is -3.39. The summed E-state index contributed by atoms with van der Waals surface area (Å²) in [5.74, 6) is 0.454. The van der Waals surface area contributed by atoms with Crippen molar-refractivity contribution in [3.05, 3.63) is 15.9 Å². The Labute approximate surface area is 123 Å². The molecule has 98 valence electrons. The van der Waals surface area contributed by atoms with Gasteiger partial charge in [0, 0.05) is 11.4 Å². The molecule has 1 aromatic heterocycles. The molecule has 0 bridgehead atoms. The highest BCUT2D eigenvalue weighted by atomic mass is 79.9. The number of hydrogen-bond donors (Lipinski definition) is 1. The molecule has 0 aromatic carbocycles. The minimum atomic E-state index is -3.39. The zero-order valence-corrected chi connectivity index (χ0v) is 14.4. The summed E-state index contributed by atoms with van der Waals surface area (Å²) >= 11 is 7.82. The van der Waals surface area contributed by atoms with E-state index in [1.165, 1.54) is 11.3 Å². The Morgan fingerprint density at radius 2 is 2.06 bits per heavy atom. The predicted octanol–water partition coefficient (Wildman–Crippen LogP) is 3.60. The maximum absolute atomic E-state index is 12.1. The lowest BCUT2D eigenvalue weighted by atomic mass is 10.1. The Morgan fingerprint density at radius 3 is 2.47 bits per heavy atom. The van der Waals surface area contributed by atoms with E-state index in [1.807, 2.05) is 0 Å². The van der Waals surface area contributed by atoms with Crippen LogP contribution in [0.2, 0.25) is 0 Å². The first-order valence-electron chi connectivity index (χ1n) is 5.18. The lowest BCUT2D eigenvalue weighted by molar-refractivity contribution is 0.489. The van der Waals surface area contributed by atoms with E-state index in [-0.39, 0.29) is 6.04 Å². The molecule has 3 nitrogen and oxygen atoms in total. The van der Waals surface area contributed by atoms with E-state index in [1.54, 1.807) is 12.1 Å². The summed E-state index contributed by atoms with van der Waals surface area (Å²) in [4.78, 5) is 0. The number of halogens is 2. The highest BCUT2D eigenvalue weighted by Gasteiger charge is 2.21. The van der Waals surface area contributed by atoms with Crippen LogP contribution in [0, 0.1) is 5.92 Å². The average Bonchev–Trinajstić information content (AvgIpc) is 2.63. The van der Waals surface area contributed by atoms with Gasteiger partial charge < -0.3 is 0 Å². The van der Waals surface area contributed by atoms with E-state index in [2.05, 4.69) is 50.4 Å². The van der Waals surface area contributed by atoms with Crippen LogP contribution in [0.3, 0.4) is 0 Å². The molecular weight excluding hydrogens is 390 g/mol. The van der Waals surface area contributed by atoms with Crippen molar-refractivity contribution in [1.82, 2.24) is 4.72 Å². The largest absolute Gasteiger partial charge is 0.250 e. The molecule has 0 spiro atoms. The van der Waals surface area contributed by atoms with E-state index in [0.717, 1.165) is 10.2 Å². The summed E-state index contributed by atoms with van der Waals surface area (Å²) < 4.78 is 28.0. The summed E-state index contributed by atoms with van der Waals surface area (Å²) in [6.45, 7) is 4.15. The zero-order valence-electron chi connectivity index (χ0n) is 9.61. The third-order valence-corrected chi connectivity index (χ3v) is 6.49. The van der Waals surface area contributed by atoms with Gasteiger partial charge in [0.25, 0.3) is 0 Å². The van der Waals surface area contributed by atoms with Crippen LogP contribution >= 0.6 is 43.2 Å². The lowest BCUT2D eigenvalue weighted by Gasteiger charge is -2.17. The van der Waals surface area contributed by atoms with Gasteiger partial charge in [0.15, 0.2) is 0 Å². The van der Waals surface area contributed by atoms with Crippen LogP contribution in [0.1, 0.15) is 20.3 Å². The number of hydrogen-bond acceptors (Lipinski definition) is 3. The van der Waals surface area contributed by atoms with E-state index >= 15 is 0 Å². The van der Waals surface area contributed by atoms with Crippen molar-refractivity contribution < 1.29 is 8.42 Å². The van der Waals surface area contributed by atoms with Crippen LogP contribution in [0.4, 0.5) is 0 Å². The number of rotatable bonds is 6. The van der Waals surface area contributed by atoms with Crippen LogP contribution in [-0.4, -0.2) is 19.8 Å². The minimum Gasteiger partial charge on any atom is -0.207 e. The molecule has 0 saturated heterocycles. The quantitative estimate of drug-likeness (QED) is 0.736. The van der Waals surface area contributed by atoms with Gasteiger partial charge in [-0.1, -0.05) is 29.8 Å². The van der Waals surface area contributed by atoms with Gasteiger partial charge in [-0.2, -0.15) is 0 Å². The monoisotopic (exact) mass is 403 g/mol. The Morgan fingerprint density at radius 1 is 1.41 bits per heavy atom. The van der Waals surface area contributed by atoms with Crippen LogP contribution in [0.15, 0.2) is 20.1 Å². The van der Waals surface area contributed by atoms with Crippen LogP contribution in [-0.2, 0) is 10.0 Å². The molecule has 0 fully saturated rings. The van der Waals surface area contributed by atoms with Crippen molar-refractivity contribution in [3.63, 3.8) is 0 Å². The second-order valence-corrected chi connectivity index (χ2v) is 9.21. The summed E-state index contributed by atoms with van der Waals surface area (Å²) in [6.07, 6.45) is 0.816. The fraction of sp³-hybridized carbons (Fsp3) is 0.600. The summed E-state index contributed by atoms with van der Waals surface area (Å²) in [5, 5.41) is 0.622. The van der Waals surface area contributed by atoms with Gasteiger partial charge in [-0.15, -0.1) is 11.3 Å². The van der Waals surface area contributed by atoms with Crippen molar-refractivity contribution in [2.24, 2.45) is 5.92 Å². The SMILES string of the molecule is CC(C)CC(CBr)NS(=O)(=O)c1ccc(Br)s1. The molecule has 17 heavy (non-hydrogen) atoms. The second kappa shape index (κ2) is 6.65. The van der Waals surface area contributed by atoms with E-state index in [9.17, 15) is 8.42 Å². The molecular formula is C10H15Br2NO2S2. The van der Waals surface area contributed by atoms with Crippen molar-refractivity contribution in [1.29, 1.82) is 0 Å². The normalized spacial score (nSPS) is 14.2. The molecule has 0 aliphatic heterocycles. The Kier molecular flexibility index (Phi) is 6.12. The molecule has 1 unspecified atom stereocenters. The molecule has 0 radical (unpaired) electrons. The van der Waals surface area contributed by atoms with Gasteiger partial charge >= 0.3 is 0 Å². The standard InChI is InChI=1S/C10H15Br2NO2S2/c1-7(2)5-8(6-11)13-17(14,15)10-4-3-9(12)16-10/h3-4,7-8,13H,5-6H2,1-2H3. The van der Waals surface area contributed by atoms with Crippen LogP contribution in [0.25, 0.3) is 0 Å². The molecule has 1 heterocycles. The number of thiophene rings is 1. The Balaban J connectivity index is 2.78. The van der Waals surface area contributed by atoms with Crippen molar-refractivity contribution >= 4 is 53.2 Å².